The van der Waals surface area contributed by atoms with Crippen LogP contribution < -0.4 is 5.32 Å². The van der Waals surface area contributed by atoms with Gasteiger partial charge in [0, 0.05) is 6.54 Å². The zero-order valence-corrected chi connectivity index (χ0v) is 11.1. The van der Waals surface area contributed by atoms with Gasteiger partial charge in [0.05, 0.1) is 0 Å². The summed E-state index contributed by atoms with van der Waals surface area (Å²) in [6.45, 7) is 6.55. The number of hydrogen-bond donors (Lipinski definition) is 1. The molecule has 1 atom stereocenters. The molecule has 0 aliphatic carbocycles. The third-order valence-corrected chi connectivity index (χ3v) is 4.59. The van der Waals surface area contributed by atoms with Crippen LogP contribution in [-0.2, 0) is 6.54 Å². The van der Waals surface area contributed by atoms with E-state index in [1.54, 1.807) is 0 Å². The van der Waals surface area contributed by atoms with Crippen molar-refractivity contribution in [2.75, 3.05) is 18.1 Å². The minimum atomic E-state index is 0.900. The van der Waals surface area contributed by atoms with Crippen LogP contribution in [0.1, 0.15) is 23.1 Å². The molecule has 1 nitrogen and oxygen atoms in total. The molecule has 88 valence electrons. The zero-order valence-electron chi connectivity index (χ0n) is 10.3. The molecule has 1 aliphatic heterocycles. The van der Waals surface area contributed by atoms with Gasteiger partial charge in [-0.1, -0.05) is 18.2 Å². The van der Waals surface area contributed by atoms with Gasteiger partial charge in [0.15, 0.2) is 0 Å². The quantitative estimate of drug-likeness (QED) is 0.860. The second kappa shape index (κ2) is 5.74. The van der Waals surface area contributed by atoms with Crippen molar-refractivity contribution < 1.29 is 0 Å². The van der Waals surface area contributed by atoms with Crippen molar-refractivity contribution in [2.24, 2.45) is 5.92 Å². The molecule has 1 unspecified atom stereocenters. The van der Waals surface area contributed by atoms with Gasteiger partial charge in [0.2, 0.25) is 0 Å². The van der Waals surface area contributed by atoms with E-state index in [1.807, 2.05) is 0 Å². The number of nitrogens with one attached hydrogen (secondary N) is 1. The van der Waals surface area contributed by atoms with Gasteiger partial charge < -0.3 is 5.32 Å². The molecule has 1 fully saturated rings. The monoisotopic (exact) mass is 235 g/mol. The number of benzene rings is 1. The maximum absolute atomic E-state index is 3.58. The van der Waals surface area contributed by atoms with Gasteiger partial charge >= 0.3 is 0 Å². The van der Waals surface area contributed by atoms with Crippen molar-refractivity contribution in [1.82, 2.24) is 5.32 Å². The summed E-state index contributed by atoms with van der Waals surface area (Å²) < 4.78 is 0. The molecule has 0 bridgehead atoms. The lowest BCUT2D eigenvalue weighted by Gasteiger charge is -2.10. The molecule has 0 saturated carbocycles. The number of rotatable bonds is 4. The molecule has 2 rings (SSSR count). The normalized spacial score (nSPS) is 20.2. The topological polar surface area (TPSA) is 12.0 Å². The van der Waals surface area contributed by atoms with Gasteiger partial charge in [-0.15, -0.1) is 0 Å². The molecule has 1 N–H and O–H groups in total. The van der Waals surface area contributed by atoms with E-state index in [1.165, 1.54) is 41.2 Å². The highest BCUT2D eigenvalue weighted by molar-refractivity contribution is 7.99. The molecular formula is C14H21NS. The zero-order chi connectivity index (χ0) is 11.4. The second-order valence-corrected chi connectivity index (χ2v) is 5.93. The highest BCUT2D eigenvalue weighted by Gasteiger charge is 2.14. The van der Waals surface area contributed by atoms with Crippen LogP contribution in [0.3, 0.4) is 0 Å². The Labute approximate surface area is 103 Å². The van der Waals surface area contributed by atoms with Crippen LogP contribution in [0.25, 0.3) is 0 Å². The highest BCUT2D eigenvalue weighted by Crippen LogP contribution is 2.22. The van der Waals surface area contributed by atoms with Crippen molar-refractivity contribution in [3.05, 3.63) is 34.9 Å². The summed E-state index contributed by atoms with van der Waals surface area (Å²) >= 11 is 2.09. The molecule has 0 aromatic heterocycles. The standard InChI is InChI=1S/C14H21NS/c1-11-3-4-13(7-12(11)2)8-15-9-14-5-6-16-10-14/h3-4,7,14-15H,5-6,8-10H2,1-2H3. The van der Waals surface area contributed by atoms with E-state index in [0.717, 1.165) is 12.5 Å². The largest absolute Gasteiger partial charge is 0.312 e. The predicted octanol–water partition coefficient (Wildman–Crippen LogP) is 3.15. The van der Waals surface area contributed by atoms with Crippen LogP contribution >= 0.6 is 11.8 Å². The molecule has 0 spiro atoms. The Kier molecular flexibility index (Phi) is 4.30. The Morgan fingerprint density at radius 2 is 2.19 bits per heavy atom. The van der Waals surface area contributed by atoms with E-state index in [9.17, 15) is 0 Å². The number of hydrogen-bond acceptors (Lipinski definition) is 2. The molecule has 16 heavy (non-hydrogen) atoms. The Morgan fingerprint density at radius 3 is 2.88 bits per heavy atom. The van der Waals surface area contributed by atoms with Gasteiger partial charge in [-0.25, -0.2) is 0 Å². The van der Waals surface area contributed by atoms with Crippen LogP contribution in [0.4, 0.5) is 0 Å². The SMILES string of the molecule is Cc1ccc(CNCC2CCSC2)cc1C. The first-order valence-electron chi connectivity index (χ1n) is 6.10. The Balaban J connectivity index is 1.78. The molecule has 1 aromatic rings. The van der Waals surface area contributed by atoms with Crippen molar-refractivity contribution >= 4 is 11.8 Å². The first-order chi connectivity index (χ1) is 7.75. The maximum atomic E-state index is 3.58. The van der Waals surface area contributed by atoms with Gasteiger partial charge in [0.1, 0.15) is 0 Å². The van der Waals surface area contributed by atoms with Gasteiger partial charge in [-0.3, -0.25) is 0 Å². The van der Waals surface area contributed by atoms with Crippen molar-refractivity contribution in [1.29, 1.82) is 0 Å². The summed E-state index contributed by atoms with van der Waals surface area (Å²) in [5.41, 5.74) is 4.19. The molecule has 1 saturated heterocycles. The van der Waals surface area contributed by atoms with E-state index in [0.29, 0.717) is 0 Å². The van der Waals surface area contributed by atoms with Gasteiger partial charge in [0.25, 0.3) is 0 Å². The minimum Gasteiger partial charge on any atom is -0.312 e. The Hall–Kier alpha value is -0.470. The summed E-state index contributed by atoms with van der Waals surface area (Å²) in [5, 5.41) is 3.58. The maximum Gasteiger partial charge on any atom is 0.0205 e. The fourth-order valence-electron chi connectivity index (χ4n) is 2.08. The molecule has 1 aliphatic rings. The number of thioether (sulfide) groups is 1. The van der Waals surface area contributed by atoms with E-state index in [2.05, 4.69) is 49.1 Å². The number of aryl methyl sites for hydroxylation is 2. The molecule has 0 amide bonds. The summed E-state index contributed by atoms with van der Waals surface area (Å²) in [7, 11) is 0. The third-order valence-electron chi connectivity index (χ3n) is 3.36. The predicted molar refractivity (Wildman–Crippen MR) is 73.1 cm³/mol. The lowest BCUT2D eigenvalue weighted by atomic mass is 10.1. The van der Waals surface area contributed by atoms with Crippen LogP contribution in [-0.4, -0.2) is 18.1 Å². The summed E-state index contributed by atoms with van der Waals surface area (Å²) in [5.74, 6) is 3.60. The van der Waals surface area contributed by atoms with E-state index < -0.39 is 0 Å². The molecule has 2 heteroatoms. The lowest BCUT2D eigenvalue weighted by molar-refractivity contribution is 0.523. The summed E-state index contributed by atoms with van der Waals surface area (Å²) in [6.07, 6.45) is 1.39. The first-order valence-corrected chi connectivity index (χ1v) is 7.26. The van der Waals surface area contributed by atoms with Crippen molar-refractivity contribution in [2.45, 2.75) is 26.8 Å². The average Bonchev–Trinajstić information content (AvgIpc) is 2.76. The van der Waals surface area contributed by atoms with Gasteiger partial charge in [-0.05, 0) is 60.9 Å². The Morgan fingerprint density at radius 1 is 1.31 bits per heavy atom. The molecule has 1 heterocycles. The lowest BCUT2D eigenvalue weighted by Crippen LogP contribution is -2.22. The van der Waals surface area contributed by atoms with Gasteiger partial charge in [-0.2, -0.15) is 11.8 Å². The van der Waals surface area contributed by atoms with Crippen LogP contribution in [0.5, 0.6) is 0 Å². The minimum absolute atomic E-state index is 0.900. The molecular weight excluding hydrogens is 214 g/mol. The smallest absolute Gasteiger partial charge is 0.0205 e. The van der Waals surface area contributed by atoms with Crippen LogP contribution in [0.15, 0.2) is 18.2 Å². The van der Waals surface area contributed by atoms with Crippen molar-refractivity contribution in [3.63, 3.8) is 0 Å². The fraction of sp³-hybridized carbons (Fsp3) is 0.571. The first kappa shape index (κ1) is 12.0. The molecule has 1 aromatic carbocycles. The highest BCUT2D eigenvalue weighted by atomic mass is 32.2. The Bertz CT molecular complexity index is 343. The second-order valence-electron chi connectivity index (χ2n) is 4.78. The van der Waals surface area contributed by atoms with E-state index in [-0.39, 0.29) is 0 Å². The van der Waals surface area contributed by atoms with Crippen molar-refractivity contribution in [3.8, 4) is 0 Å². The van der Waals surface area contributed by atoms with E-state index in [4.69, 9.17) is 0 Å². The average molecular weight is 235 g/mol. The van der Waals surface area contributed by atoms with Crippen LogP contribution in [0.2, 0.25) is 0 Å². The summed E-state index contributed by atoms with van der Waals surface area (Å²) in [4.78, 5) is 0. The fourth-order valence-corrected chi connectivity index (χ4v) is 3.36. The summed E-state index contributed by atoms with van der Waals surface area (Å²) in [6, 6.07) is 6.75. The third kappa shape index (κ3) is 3.26. The van der Waals surface area contributed by atoms with Crippen LogP contribution in [0, 0.1) is 19.8 Å². The molecule has 0 radical (unpaired) electrons. The van der Waals surface area contributed by atoms with E-state index >= 15 is 0 Å².